The summed E-state index contributed by atoms with van der Waals surface area (Å²) in [6.45, 7) is 10.7. The van der Waals surface area contributed by atoms with Crippen molar-refractivity contribution in [2.75, 3.05) is 0 Å². The first-order chi connectivity index (χ1) is 15.0. The predicted octanol–water partition coefficient (Wildman–Crippen LogP) is 8.37. The van der Waals surface area contributed by atoms with Gasteiger partial charge in [-0.15, -0.1) is 0 Å². The van der Waals surface area contributed by atoms with Crippen molar-refractivity contribution in [1.29, 1.82) is 0 Å². The Morgan fingerprint density at radius 3 is 1.52 bits per heavy atom. The molecule has 160 valence electrons. The molecular formula is C30H36Si. The van der Waals surface area contributed by atoms with Crippen molar-refractivity contribution >= 4 is 20.2 Å². The monoisotopic (exact) mass is 424 g/mol. The molecule has 0 N–H and O–H groups in total. The maximum absolute atomic E-state index is 2.77. The lowest BCUT2D eigenvalue weighted by Crippen LogP contribution is -2.45. The second-order valence-corrected chi connectivity index (χ2v) is 16.6. The Morgan fingerprint density at radius 1 is 0.645 bits per heavy atom. The maximum Gasteiger partial charge on any atom is 0.0553 e. The molecule has 2 aromatic rings. The Hall–Kier alpha value is -1.86. The SMILES string of the molecule is CC1CC2c3ccccc3C=CC2C1[Si](C)(C)C1C(C)CC2c3ccccc3C=CC21. The van der Waals surface area contributed by atoms with Crippen LogP contribution < -0.4 is 0 Å². The van der Waals surface area contributed by atoms with Gasteiger partial charge in [-0.05, 0) is 81.7 Å². The van der Waals surface area contributed by atoms with E-state index in [1.807, 2.05) is 0 Å². The lowest BCUT2D eigenvalue weighted by Gasteiger charge is -2.46. The van der Waals surface area contributed by atoms with E-state index in [-0.39, 0.29) is 0 Å². The first-order valence-corrected chi connectivity index (χ1v) is 15.7. The minimum atomic E-state index is -1.52. The third kappa shape index (κ3) is 2.85. The normalized spacial score (nSPS) is 37.8. The molecule has 0 saturated heterocycles. The maximum atomic E-state index is 2.77. The van der Waals surface area contributed by atoms with E-state index in [0.29, 0.717) is 0 Å². The Balaban J connectivity index is 1.36. The lowest BCUT2D eigenvalue weighted by atomic mass is 9.81. The van der Waals surface area contributed by atoms with Gasteiger partial charge in [0.1, 0.15) is 0 Å². The highest BCUT2D eigenvalue weighted by atomic mass is 28.3. The van der Waals surface area contributed by atoms with Crippen LogP contribution in [-0.4, -0.2) is 8.07 Å². The number of fused-ring (bicyclic) bond motifs is 6. The molecule has 0 spiro atoms. The van der Waals surface area contributed by atoms with Gasteiger partial charge in [-0.25, -0.2) is 0 Å². The first kappa shape index (κ1) is 19.8. The van der Waals surface area contributed by atoms with Gasteiger partial charge in [0.25, 0.3) is 0 Å². The molecule has 2 saturated carbocycles. The Labute approximate surface area is 189 Å². The molecule has 0 heterocycles. The highest BCUT2D eigenvalue weighted by molar-refractivity contribution is 6.80. The van der Waals surface area contributed by atoms with Crippen LogP contribution in [-0.2, 0) is 0 Å². The second kappa shape index (κ2) is 7.07. The predicted molar refractivity (Wildman–Crippen MR) is 136 cm³/mol. The van der Waals surface area contributed by atoms with Gasteiger partial charge >= 0.3 is 0 Å². The summed E-state index contributed by atoms with van der Waals surface area (Å²) in [7, 11) is -1.52. The number of benzene rings is 2. The van der Waals surface area contributed by atoms with Crippen LogP contribution in [0.2, 0.25) is 24.2 Å². The summed E-state index contributed by atoms with van der Waals surface area (Å²) in [4.78, 5) is 0. The largest absolute Gasteiger partial charge is 0.0802 e. The molecule has 2 aromatic carbocycles. The molecule has 4 aliphatic carbocycles. The molecule has 4 aliphatic rings. The van der Waals surface area contributed by atoms with Gasteiger partial charge in [0.15, 0.2) is 0 Å². The average molecular weight is 425 g/mol. The molecule has 0 bridgehead atoms. The van der Waals surface area contributed by atoms with Gasteiger partial charge < -0.3 is 0 Å². The molecule has 0 nitrogen and oxygen atoms in total. The van der Waals surface area contributed by atoms with Gasteiger partial charge in [-0.2, -0.15) is 0 Å². The summed E-state index contributed by atoms with van der Waals surface area (Å²) in [6, 6.07) is 18.4. The Kier molecular flexibility index (Phi) is 4.51. The van der Waals surface area contributed by atoms with Crippen molar-refractivity contribution in [1.82, 2.24) is 0 Å². The van der Waals surface area contributed by atoms with E-state index in [2.05, 4.69) is 99.8 Å². The van der Waals surface area contributed by atoms with Crippen molar-refractivity contribution in [2.45, 2.75) is 62.7 Å². The third-order valence-electron chi connectivity index (χ3n) is 9.74. The molecule has 0 amide bonds. The topological polar surface area (TPSA) is 0 Å². The van der Waals surface area contributed by atoms with Crippen molar-refractivity contribution in [3.63, 3.8) is 0 Å². The van der Waals surface area contributed by atoms with Crippen LogP contribution in [0.4, 0.5) is 0 Å². The summed E-state index contributed by atoms with van der Waals surface area (Å²) in [5.41, 5.74) is 7.96. The van der Waals surface area contributed by atoms with Gasteiger partial charge in [0.05, 0.1) is 8.07 Å². The van der Waals surface area contributed by atoms with Crippen LogP contribution in [0.3, 0.4) is 0 Å². The van der Waals surface area contributed by atoms with Gasteiger partial charge in [0, 0.05) is 0 Å². The minimum absolute atomic E-state index is 0.739. The minimum Gasteiger partial charge on any atom is -0.0802 e. The molecule has 8 unspecified atom stereocenters. The van der Waals surface area contributed by atoms with Crippen molar-refractivity contribution < 1.29 is 0 Å². The lowest BCUT2D eigenvalue weighted by molar-refractivity contribution is 0.499. The summed E-state index contributed by atoms with van der Waals surface area (Å²) in [6.07, 6.45) is 12.9. The summed E-state index contributed by atoms with van der Waals surface area (Å²) >= 11 is 0. The van der Waals surface area contributed by atoms with E-state index < -0.39 is 8.07 Å². The third-order valence-corrected chi connectivity index (χ3v) is 15.1. The fraction of sp³-hybridized carbons (Fsp3) is 0.467. The number of rotatable bonds is 2. The Bertz CT molecular complexity index is 976. The van der Waals surface area contributed by atoms with Gasteiger partial charge in [-0.3, -0.25) is 0 Å². The van der Waals surface area contributed by atoms with Gasteiger partial charge in [0.2, 0.25) is 0 Å². The zero-order valence-corrected chi connectivity index (χ0v) is 20.5. The highest BCUT2D eigenvalue weighted by Crippen LogP contribution is 2.65. The molecule has 6 rings (SSSR count). The van der Waals surface area contributed by atoms with E-state index in [1.165, 1.54) is 24.0 Å². The summed E-state index contributed by atoms with van der Waals surface area (Å²) in [5.74, 6) is 4.64. The van der Waals surface area contributed by atoms with E-state index in [1.54, 1.807) is 11.1 Å². The van der Waals surface area contributed by atoms with Crippen LogP contribution in [0.1, 0.15) is 60.8 Å². The molecule has 8 atom stereocenters. The zero-order valence-electron chi connectivity index (χ0n) is 19.5. The number of hydrogen-bond donors (Lipinski definition) is 0. The molecule has 0 aromatic heterocycles. The number of hydrogen-bond acceptors (Lipinski definition) is 0. The smallest absolute Gasteiger partial charge is 0.0553 e. The summed E-state index contributed by atoms with van der Waals surface area (Å²) in [5, 5.41) is 0. The quantitative estimate of drug-likeness (QED) is 0.425. The van der Waals surface area contributed by atoms with E-state index >= 15 is 0 Å². The summed E-state index contributed by atoms with van der Waals surface area (Å²) < 4.78 is 0. The van der Waals surface area contributed by atoms with Crippen molar-refractivity contribution in [3.05, 3.63) is 82.9 Å². The Morgan fingerprint density at radius 2 is 1.06 bits per heavy atom. The first-order valence-electron chi connectivity index (χ1n) is 12.5. The second-order valence-electron chi connectivity index (χ2n) is 11.6. The van der Waals surface area contributed by atoms with E-state index in [9.17, 15) is 0 Å². The van der Waals surface area contributed by atoms with Crippen molar-refractivity contribution in [3.8, 4) is 0 Å². The van der Waals surface area contributed by atoms with Gasteiger partial charge in [-0.1, -0.05) is 99.8 Å². The number of allylic oxidation sites excluding steroid dienone is 2. The fourth-order valence-electron chi connectivity index (χ4n) is 8.96. The molecule has 1 heteroatoms. The van der Waals surface area contributed by atoms with E-state index in [0.717, 1.165) is 46.6 Å². The molecule has 2 fully saturated rings. The molecule has 0 radical (unpaired) electrons. The van der Waals surface area contributed by atoms with Crippen LogP contribution in [0.25, 0.3) is 12.2 Å². The van der Waals surface area contributed by atoms with E-state index in [4.69, 9.17) is 0 Å². The van der Waals surface area contributed by atoms with Crippen LogP contribution in [0.15, 0.2) is 60.7 Å². The van der Waals surface area contributed by atoms with Crippen LogP contribution in [0.5, 0.6) is 0 Å². The van der Waals surface area contributed by atoms with Crippen LogP contribution in [0, 0.1) is 23.7 Å². The van der Waals surface area contributed by atoms with Crippen LogP contribution >= 0.6 is 0 Å². The average Bonchev–Trinajstić information content (AvgIpc) is 3.30. The molecular weight excluding hydrogens is 388 g/mol. The standard InChI is InChI=1S/C30H36Si/c1-19-17-27-23-11-7-5-9-21(23)13-15-25(27)29(19)31(3,4)30-20(2)18-28-24-12-8-6-10-22(24)14-16-26(28)30/h5-16,19-20,25-30H,17-18H2,1-4H3. The fourth-order valence-corrected chi connectivity index (χ4v) is 15.3. The zero-order chi connectivity index (χ0) is 21.3. The molecule has 0 aliphatic heterocycles. The van der Waals surface area contributed by atoms with Crippen molar-refractivity contribution in [2.24, 2.45) is 23.7 Å². The highest BCUT2D eigenvalue weighted by Gasteiger charge is 2.57. The molecule has 31 heavy (non-hydrogen) atoms.